The van der Waals surface area contributed by atoms with Gasteiger partial charge in [-0.2, -0.15) is 8.78 Å². The molecule has 0 radical (unpaired) electrons. The quantitative estimate of drug-likeness (QED) is 0.862. The van der Waals surface area contributed by atoms with E-state index >= 15 is 0 Å². The van der Waals surface area contributed by atoms with E-state index in [2.05, 4.69) is 4.74 Å². The molecule has 0 aromatic heterocycles. The van der Waals surface area contributed by atoms with Crippen molar-refractivity contribution in [3.05, 3.63) is 34.9 Å². The molecule has 6 heteroatoms. The van der Waals surface area contributed by atoms with Crippen LogP contribution in [0.5, 0.6) is 0 Å². The Hall–Kier alpha value is -1.20. The second-order valence-corrected chi connectivity index (χ2v) is 4.31. The van der Waals surface area contributed by atoms with Crippen LogP contribution in [-0.2, 0) is 15.1 Å². The number of ether oxygens (including phenoxy) is 1. The first kappa shape index (κ1) is 14.9. The van der Waals surface area contributed by atoms with Crippen molar-refractivity contribution in [2.45, 2.75) is 25.4 Å². The molecule has 0 amide bonds. The van der Waals surface area contributed by atoms with E-state index in [0.29, 0.717) is 5.02 Å². The molecule has 1 aromatic carbocycles. The minimum atomic E-state index is -4.04. The number of hydrogen-bond acceptors (Lipinski definition) is 3. The second kappa shape index (κ2) is 5.20. The minimum absolute atomic E-state index is 0.120. The summed E-state index contributed by atoms with van der Waals surface area (Å²) in [6.45, 7) is 2.07. The van der Waals surface area contributed by atoms with Crippen LogP contribution in [-0.4, -0.2) is 23.6 Å². The Morgan fingerprint density at radius 3 is 2.33 bits per heavy atom. The molecule has 0 aliphatic carbocycles. The van der Waals surface area contributed by atoms with Crippen LogP contribution in [0.25, 0.3) is 0 Å². The summed E-state index contributed by atoms with van der Waals surface area (Å²) < 4.78 is 31.9. The van der Waals surface area contributed by atoms with Crippen molar-refractivity contribution in [2.75, 3.05) is 6.61 Å². The highest BCUT2D eigenvalue weighted by Crippen LogP contribution is 2.38. The van der Waals surface area contributed by atoms with Crippen molar-refractivity contribution in [1.82, 2.24) is 0 Å². The number of hydrogen-bond donors (Lipinski definition) is 1. The fourth-order valence-corrected chi connectivity index (χ4v) is 1.50. The van der Waals surface area contributed by atoms with Crippen LogP contribution < -0.4 is 0 Å². The Balaban J connectivity index is 3.11. The number of carbonyl (C=O) groups is 1. The SMILES string of the molecule is CCOC(=O)C(F)(F)[C@@](C)(O)c1ccc(Cl)cc1. The van der Waals surface area contributed by atoms with Crippen LogP contribution in [0.4, 0.5) is 8.78 Å². The smallest absolute Gasteiger partial charge is 0.380 e. The molecule has 0 aliphatic heterocycles. The van der Waals surface area contributed by atoms with Crippen molar-refractivity contribution >= 4 is 17.6 Å². The predicted octanol–water partition coefficient (Wildman–Crippen LogP) is 2.75. The fraction of sp³-hybridized carbons (Fsp3) is 0.417. The van der Waals surface area contributed by atoms with E-state index < -0.39 is 17.5 Å². The monoisotopic (exact) mass is 278 g/mol. The lowest BCUT2D eigenvalue weighted by atomic mass is 9.89. The van der Waals surface area contributed by atoms with E-state index in [-0.39, 0.29) is 12.2 Å². The predicted molar refractivity (Wildman–Crippen MR) is 62.6 cm³/mol. The van der Waals surface area contributed by atoms with E-state index in [0.717, 1.165) is 6.92 Å². The summed E-state index contributed by atoms with van der Waals surface area (Å²) in [7, 11) is 0. The third kappa shape index (κ3) is 2.62. The van der Waals surface area contributed by atoms with Gasteiger partial charge in [0.25, 0.3) is 0 Å². The number of carbonyl (C=O) groups excluding carboxylic acids is 1. The average molecular weight is 279 g/mol. The highest BCUT2D eigenvalue weighted by Gasteiger charge is 2.57. The van der Waals surface area contributed by atoms with E-state index in [1.165, 1.54) is 31.2 Å². The zero-order valence-electron chi connectivity index (χ0n) is 9.91. The zero-order valence-corrected chi connectivity index (χ0v) is 10.7. The van der Waals surface area contributed by atoms with Gasteiger partial charge in [0, 0.05) is 5.02 Å². The molecule has 3 nitrogen and oxygen atoms in total. The molecule has 1 N–H and O–H groups in total. The second-order valence-electron chi connectivity index (χ2n) is 3.87. The topological polar surface area (TPSA) is 46.5 Å². The van der Waals surface area contributed by atoms with Gasteiger partial charge in [-0.15, -0.1) is 0 Å². The first-order valence-electron chi connectivity index (χ1n) is 5.27. The molecule has 1 rings (SSSR count). The number of esters is 1. The number of aliphatic hydroxyl groups is 1. The van der Waals surface area contributed by atoms with Crippen LogP contribution >= 0.6 is 11.6 Å². The first-order valence-corrected chi connectivity index (χ1v) is 5.64. The number of rotatable bonds is 4. The van der Waals surface area contributed by atoms with Gasteiger partial charge in [0.1, 0.15) is 0 Å². The Kier molecular flexibility index (Phi) is 4.29. The van der Waals surface area contributed by atoms with Crippen LogP contribution in [0.1, 0.15) is 19.4 Å². The standard InChI is InChI=1S/C12H13ClF2O3/c1-3-18-10(16)12(14,15)11(2,17)8-4-6-9(13)7-5-8/h4-7,17H,3H2,1-2H3/t11-/m0/s1. The van der Waals surface area contributed by atoms with E-state index in [9.17, 15) is 18.7 Å². The summed E-state index contributed by atoms with van der Waals surface area (Å²) in [5.74, 6) is -5.80. The maximum atomic E-state index is 13.8. The Labute approximate surface area is 108 Å². The minimum Gasteiger partial charge on any atom is -0.461 e. The molecule has 1 aromatic rings. The van der Waals surface area contributed by atoms with Crippen LogP contribution in [0.15, 0.2) is 24.3 Å². The molecule has 0 saturated carbocycles. The summed E-state index contributed by atoms with van der Waals surface area (Å²) in [4.78, 5) is 11.2. The van der Waals surface area contributed by atoms with Gasteiger partial charge in [-0.3, -0.25) is 0 Å². The molecule has 0 spiro atoms. The lowest BCUT2D eigenvalue weighted by Crippen LogP contribution is -2.49. The molecule has 100 valence electrons. The summed E-state index contributed by atoms with van der Waals surface area (Å²) in [5.41, 5.74) is -2.78. The highest BCUT2D eigenvalue weighted by atomic mass is 35.5. The molecule has 0 bridgehead atoms. The van der Waals surface area contributed by atoms with E-state index in [1.807, 2.05) is 0 Å². The summed E-state index contributed by atoms with van der Waals surface area (Å²) in [6, 6.07) is 5.17. The van der Waals surface area contributed by atoms with Crippen molar-refractivity contribution in [1.29, 1.82) is 0 Å². The Morgan fingerprint density at radius 2 is 1.89 bits per heavy atom. The summed E-state index contributed by atoms with van der Waals surface area (Å²) >= 11 is 5.63. The molecule has 0 aliphatic rings. The molecular weight excluding hydrogens is 266 g/mol. The molecule has 18 heavy (non-hydrogen) atoms. The van der Waals surface area contributed by atoms with Gasteiger partial charge in [-0.25, -0.2) is 4.79 Å². The van der Waals surface area contributed by atoms with Gasteiger partial charge in [0.05, 0.1) is 6.61 Å². The molecule has 0 unspecified atom stereocenters. The summed E-state index contributed by atoms with van der Waals surface area (Å²) in [5, 5.41) is 10.2. The maximum absolute atomic E-state index is 13.8. The molecule has 0 fully saturated rings. The van der Waals surface area contributed by atoms with Crippen LogP contribution in [0.3, 0.4) is 0 Å². The van der Waals surface area contributed by atoms with Crippen LogP contribution in [0.2, 0.25) is 5.02 Å². The lowest BCUT2D eigenvalue weighted by molar-refractivity contribution is -0.212. The average Bonchev–Trinajstić information content (AvgIpc) is 2.29. The molecule has 0 saturated heterocycles. The third-order valence-corrected chi connectivity index (χ3v) is 2.80. The molecular formula is C12H13ClF2O3. The highest BCUT2D eigenvalue weighted by molar-refractivity contribution is 6.30. The number of alkyl halides is 2. The normalized spacial score (nSPS) is 15.0. The summed E-state index contributed by atoms with van der Waals surface area (Å²) in [6.07, 6.45) is 0. The zero-order chi connectivity index (χ0) is 14.0. The van der Waals surface area contributed by atoms with E-state index in [4.69, 9.17) is 11.6 Å². The van der Waals surface area contributed by atoms with Crippen molar-refractivity contribution in [3.63, 3.8) is 0 Å². The van der Waals surface area contributed by atoms with Gasteiger partial charge in [0.15, 0.2) is 5.60 Å². The van der Waals surface area contributed by atoms with Crippen molar-refractivity contribution in [2.24, 2.45) is 0 Å². The Bertz CT molecular complexity index is 429. The number of benzene rings is 1. The Morgan fingerprint density at radius 1 is 1.39 bits per heavy atom. The van der Waals surface area contributed by atoms with Gasteiger partial charge >= 0.3 is 11.9 Å². The largest absolute Gasteiger partial charge is 0.461 e. The van der Waals surface area contributed by atoms with Gasteiger partial charge in [0.2, 0.25) is 0 Å². The van der Waals surface area contributed by atoms with E-state index in [1.54, 1.807) is 0 Å². The third-order valence-electron chi connectivity index (χ3n) is 2.55. The van der Waals surface area contributed by atoms with Gasteiger partial charge in [-0.1, -0.05) is 23.7 Å². The molecule has 1 atom stereocenters. The van der Waals surface area contributed by atoms with Gasteiger partial charge in [-0.05, 0) is 31.5 Å². The number of halogens is 3. The molecule has 0 heterocycles. The fourth-order valence-electron chi connectivity index (χ4n) is 1.38. The van der Waals surface area contributed by atoms with Crippen LogP contribution in [0, 0.1) is 0 Å². The van der Waals surface area contributed by atoms with Gasteiger partial charge < -0.3 is 9.84 Å². The first-order chi connectivity index (χ1) is 8.23. The van der Waals surface area contributed by atoms with Crippen molar-refractivity contribution < 1.29 is 23.4 Å². The lowest BCUT2D eigenvalue weighted by Gasteiger charge is -2.31. The maximum Gasteiger partial charge on any atom is 0.380 e. The van der Waals surface area contributed by atoms with Crippen molar-refractivity contribution in [3.8, 4) is 0 Å².